The van der Waals surface area contributed by atoms with Gasteiger partial charge in [-0.2, -0.15) is 11.8 Å². The summed E-state index contributed by atoms with van der Waals surface area (Å²) in [6, 6.07) is 0. The van der Waals surface area contributed by atoms with Gasteiger partial charge in [0.1, 0.15) is 0 Å². The van der Waals surface area contributed by atoms with Crippen LogP contribution in [0, 0.1) is 11.8 Å². The van der Waals surface area contributed by atoms with E-state index in [-0.39, 0.29) is 5.60 Å². The van der Waals surface area contributed by atoms with Crippen molar-refractivity contribution in [1.29, 1.82) is 0 Å². The van der Waals surface area contributed by atoms with Crippen LogP contribution in [0.5, 0.6) is 0 Å². The fourth-order valence-electron chi connectivity index (χ4n) is 2.59. The number of hydrogen-bond donors (Lipinski definition) is 1. The van der Waals surface area contributed by atoms with Gasteiger partial charge >= 0.3 is 0 Å². The van der Waals surface area contributed by atoms with E-state index in [9.17, 15) is 5.11 Å². The summed E-state index contributed by atoms with van der Waals surface area (Å²) in [7, 11) is 0. The molecule has 2 atom stereocenters. The highest BCUT2D eigenvalue weighted by molar-refractivity contribution is 7.99. The van der Waals surface area contributed by atoms with Gasteiger partial charge in [-0.15, -0.1) is 0 Å². The van der Waals surface area contributed by atoms with Gasteiger partial charge in [0.05, 0.1) is 5.60 Å². The first-order valence-corrected chi connectivity index (χ1v) is 6.70. The van der Waals surface area contributed by atoms with Gasteiger partial charge in [0.15, 0.2) is 0 Å². The molecule has 1 aliphatic heterocycles. The van der Waals surface area contributed by atoms with Crippen molar-refractivity contribution in [3.05, 3.63) is 0 Å². The van der Waals surface area contributed by atoms with Gasteiger partial charge in [0.25, 0.3) is 0 Å². The Morgan fingerprint density at radius 3 is 2.62 bits per heavy atom. The zero-order chi connectivity index (χ0) is 9.31. The number of hydrogen-bond acceptors (Lipinski definition) is 2. The Balaban J connectivity index is 1.77. The molecule has 0 aromatic carbocycles. The maximum absolute atomic E-state index is 10.1. The van der Waals surface area contributed by atoms with Crippen LogP contribution in [0.15, 0.2) is 0 Å². The number of rotatable bonds is 3. The van der Waals surface area contributed by atoms with E-state index >= 15 is 0 Å². The molecule has 1 saturated heterocycles. The lowest BCUT2D eigenvalue weighted by Crippen LogP contribution is -2.20. The van der Waals surface area contributed by atoms with E-state index in [4.69, 9.17) is 0 Å². The smallest absolute Gasteiger partial charge is 0.0683 e. The number of thioether (sulfide) groups is 1. The van der Waals surface area contributed by atoms with Gasteiger partial charge in [-0.25, -0.2) is 0 Å². The minimum atomic E-state index is -0.235. The SMILES string of the molecule is CCC1CC1(O)CC1CCSCC1. The van der Waals surface area contributed by atoms with E-state index in [0.717, 1.165) is 25.2 Å². The maximum Gasteiger partial charge on any atom is 0.0683 e. The second-order valence-corrected chi connectivity index (χ2v) is 5.90. The monoisotopic (exact) mass is 200 g/mol. The molecular weight excluding hydrogens is 180 g/mol. The Morgan fingerprint density at radius 1 is 1.38 bits per heavy atom. The molecule has 76 valence electrons. The van der Waals surface area contributed by atoms with E-state index in [1.165, 1.54) is 24.3 Å². The molecular formula is C11H20OS. The molecule has 0 amide bonds. The van der Waals surface area contributed by atoms with Crippen molar-refractivity contribution in [2.24, 2.45) is 11.8 Å². The fraction of sp³-hybridized carbons (Fsp3) is 1.00. The molecule has 1 heterocycles. The second-order valence-electron chi connectivity index (χ2n) is 4.67. The summed E-state index contributed by atoms with van der Waals surface area (Å²) in [6.07, 6.45) is 6.00. The molecule has 13 heavy (non-hydrogen) atoms. The lowest BCUT2D eigenvalue weighted by Gasteiger charge is -2.24. The van der Waals surface area contributed by atoms with Gasteiger partial charge in [-0.05, 0) is 49.0 Å². The molecule has 0 aromatic heterocycles. The van der Waals surface area contributed by atoms with E-state index in [0.29, 0.717) is 5.92 Å². The van der Waals surface area contributed by atoms with E-state index in [1.54, 1.807) is 0 Å². The minimum absolute atomic E-state index is 0.235. The van der Waals surface area contributed by atoms with Crippen molar-refractivity contribution in [1.82, 2.24) is 0 Å². The normalized spacial score (nSPS) is 40.6. The van der Waals surface area contributed by atoms with E-state index < -0.39 is 0 Å². The van der Waals surface area contributed by atoms with Crippen molar-refractivity contribution >= 4 is 11.8 Å². The summed E-state index contributed by atoms with van der Waals surface area (Å²) in [5.74, 6) is 4.08. The summed E-state index contributed by atoms with van der Waals surface area (Å²) < 4.78 is 0. The molecule has 2 unspecified atom stereocenters. The van der Waals surface area contributed by atoms with Crippen molar-refractivity contribution in [3.63, 3.8) is 0 Å². The van der Waals surface area contributed by atoms with Crippen LogP contribution in [0.25, 0.3) is 0 Å². The number of aliphatic hydroxyl groups is 1. The molecule has 0 spiro atoms. The first-order valence-electron chi connectivity index (χ1n) is 5.55. The van der Waals surface area contributed by atoms with Crippen LogP contribution in [-0.4, -0.2) is 22.2 Å². The quantitative estimate of drug-likeness (QED) is 0.756. The Labute approximate surface area is 85.3 Å². The molecule has 0 aromatic rings. The largest absolute Gasteiger partial charge is 0.390 e. The first kappa shape index (κ1) is 9.85. The summed E-state index contributed by atoms with van der Waals surface area (Å²) in [5, 5.41) is 10.1. The summed E-state index contributed by atoms with van der Waals surface area (Å²) in [6.45, 7) is 2.19. The van der Waals surface area contributed by atoms with Gasteiger partial charge in [0, 0.05) is 0 Å². The average molecular weight is 200 g/mol. The highest BCUT2D eigenvalue weighted by Gasteiger charge is 2.51. The predicted molar refractivity (Wildman–Crippen MR) is 58.0 cm³/mol. The molecule has 1 nitrogen and oxygen atoms in total. The van der Waals surface area contributed by atoms with Crippen LogP contribution in [0.3, 0.4) is 0 Å². The Hall–Kier alpha value is 0.310. The molecule has 2 aliphatic rings. The van der Waals surface area contributed by atoms with Crippen LogP contribution >= 0.6 is 11.8 Å². The van der Waals surface area contributed by atoms with E-state index in [2.05, 4.69) is 18.7 Å². The van der Waals surface area contributed by atoms with Crippen molar-refractivity contribution in [2.75, 3.05) is 11.5 Å². The van der Waals surface area contributed by atoms with Crippen molar-refractivity contribution in [2.45, 2.75) is 44.6 Å². The first-order chi connectivity index (χ1) is 6.24. The van der Waals surface area contributed by atoms with Gasteiger partial charge < -0.3 is 5.11 Å². The van der Waals surface area contributed by atoms with Gasteiger partial charge in [-0.3, -0.25) is 0 Å². The predicted octanol–water partition coefficient (Wildman–Crippen LogP) is 2.68. The third-order valence-electron chi connectivity index (χ3n) is 3.68. The average Bonchev–Trinajstić information content (AvgIpc) is 2.78. The fourth-order valence-corrected chi connectivity index (χ4v) is 3.80. The molecule has 1 aliphatic carbocycles. The second kappa shape index (κ2) is 3.82. The Morgan fingerprint density at radius 2 is 2.08 bits per heavy atom. The molecule has 2 heteroatoms. The zero-order valence-corrected chi connectivity index (χ0v) is 9.28. The lowest BCUT2D eigenvalue weighted by atomic mass is 9.93. The summed E-state index contributed by atoms with van der Waals surface area (Å²) >= 11 is 2.07. The van der Waals surface area contributed by atoms with Crippen LogP contribution in [-0.2, 0) is 0 Å². The molecule has 1 N–H and O–H groups in total. The lowest BCUT2D eigenvalue weighted by molar-refractivity contribution is 0.0973. The van der Waals surface area contributed by atoms with Crippen LogP contribution in [0.4, 0.5) is 0 Å². The molecule has 2 rings (SSSR count). The summed E-state index contributed by atoms with van der Waals surface area (Å²) in [4.78, 5) is 0. The maximum atomic E-state index is 10.1. The van der Waals surface area contributed by atoms with Gasteiger partial charge in [-0.1, -0.05) is 13.3 Å². The zero-order valence-electron chi connectivity index (χ0n) is 8.46. The summed E-state index contributed by atoms with van der Waals surface area (Å²) in [5.41, 5.74) is -0.235. The topological polar surface area (TPSA) is 20.2 Å². The van der Waals surface area contributed by atoms with Crippen LogP contribution < -0.4 is 0 Å². The Bertz CT molecular complexity index is 177. The highest BCUT2D eigenvalue weighted by atomic mass is 32.2. The minimum Gasteiger partial charge on any atom is -0.390 e. The van der Waals surface area contributed by atoms with Crippen LogP contribution in [0.2, 0.25) is 0 Å². The molecule has 2 fully saturated rings. The third-order valence-corrected chi connectivity index (χ3v) is 4.72. The molecule has 0 radical (unpaired) electrons. The highest BCUT2D eigenvalue weighted by Crippen LogP contribution is 2.51. The standard InChI is InChI=1S/C11H20OS/c1-2-10-8-11(10,12)7-9-3-5-13-6-4-9/h9-10,12H,2-8H2,1H3. The van der Waals surface area contributed by atoms with Gasteiger partial charge in [0.2, 0.25) is 0 Å². The molecule has 1 saturated carbocycles. The van der Waals surface area contributed by atoms with Crippen molar-refractivity contribution in [3.8, 4) is 0 Å². The Kier molecular flexibility index (Phi) is 2.89. The van der Waals surface area contributed by atoms with E-state index in [1.807, 2.05) is 0 Å². The molecule has 0 bridgehead atoms. The third kappa shape index (κ3) is 2.21. The van der Waals surface area contributed by atoms with Crippen LogP contribution in [0.1, 0.15) is 39.0 Å². The van der Waals surface area contributed by atoms with Crippen molar-refractivity contribution < 1.29 is 5.11 Å².